The number of nitrogens with zero attached hydrogens (tertiary/aromatic N) is 2. The van der Waals surface area contributed by atoms with Crippen molar-refractivity contribution in [1.29, 1.82) is 0 Å². The molecule has 30 heavy (non-hydrogen) atoms. The number of nitrogens with one attached hydrogen (secondary N) is 1. The summed E-state index contributed by atoms with van der Waals surface area (Å²) >= 11 is 5.90. The summed E-state index contributed by atoms with van der Waals surface area (Å²) in [5.41, 5.74) is 1.92. The maximum Gasteiger partial charge on any atom is 0.262 e. The third kappa shape index (κ3) is 4.82. The number of ether oxygens (including phenoxy) is 1. The highest BCUT2D eigenvalue weighted by molar-refractivity contribution is 6.30. The molecule has 3 aromatic carbocycles. The Hall–Kier alpha value is -3.71. The lowest BCUT2D eigenvalue weighted by Crippen LogP contribution is -2.20. The van der Waals surface area contributed by atoms with Gasteiger partial charge in [0.25, 0.3) is 11.8 Å². The van der Waals surface area contributed by atoms with Gasteiger partial charge < -0.3 is 14.6 Å². The molecule has 0 fully saturated rings. The Balaban J connectivity index is 1.41. The Kier molecular flexibility index (Phi) is 5.72. The second-order valence-electron chi connectivity index (χ2n) is 6.30. The van der Waals surface area contributed by atoms with Crippen molar-refractivity contribution in [2.75, 3.05) is 11.9 Å². The molecule has 0 saturated carbocycles. The minimum Gasteiger partial charge on any atom is -0.484 e. The first-order chi connectivity index (χ1) is 14.6. The van der Waals surface area contributed by atoms with Gasteiger partial charge in [0.2, 0.25) is 5.82 Å². The molecule has 0 aliphatic carbocycles. The Morgan fingerprint density at radius 2 is 1.80 bits per heavy atom. The zero-order valence-electron chi connectivity index (χ0n) is 15.5. The fraction of sp³-hybridized carbons (Fsp3) is 0.0455. The van der Waals surface area contributed by atoms with Gasteiger partial charge in [0.05, 0.1) is 0 Å². The number of hydrogen-bond donors (Lipinski definition) is 1. The normalized spacial score (nSPS) is 10.6. The quantitative estimate of drug-likeness (QED) is 0.460. The van der Waals surface area contributed by atoms with Gasteiger partial charge in [-0.1, -0.05) is 28.9 Å². The number of aromatic nitrogens is 2. The van der Waals surface area contributed by atoms with Crippen LogP contribution in [0.1, 0.15) is 0 Å². The van der Waals surface area contributed by atoms with E-state index < -0.39 is 0 Å². The van der Waals surface area contributed by atoms with E-state index in [1.807, 2.05) is 6.07 Å². The van der Waals surface area contributed by atoms with Crippen molar-refractivity contribution in [3.8, 4) is 28.6 Å². The lowest BCUT2D eigenvalue weighted by molar-refractivity contribution is -0.118. The monoisotopic (exact) mass is 423 g/mol. The highest BCUT2D eigenvalue weighted by Gasteiger charge is 2.12. The van der Waals surface area contributed by atoms with E-state index in [0.717, 1.165) is 5.56 Å². The van der Waals surface area contributed by atoms with E-state index in [1.54, 1.807) is 42.5 Å². The van der Waals surface area contributed by atoms with E-state index >= 15 is 0 Å². The minimum absolute atomic E-state index is 0.205. The highest BCUT2D eigenvalue weighted by atomic mass is 35.5. The molecular weight excluding hydrogens is 409 g/mol. The molecule has 0 atom stereocenters. The maximum atomic E-state index is 12.9. The molecule has 0 saturated heterocycles. The van der Waals surface area contributed by atoms with Crippen LogP contribution in [-0.4, -0.2) is 22.7 Å². The molecule has 0 radical (unpaired) electrons. The largest absolute Gasteiger partial charge is 0.484 e. The molecule has 4 rings (SSSR count). The molecule has 0 unspecified atom stereocenters. The SMILES string of the molecule is O=C(COc1cccc(-c2noc(-c3ccc(Cl)cc3)n2)c1)Nc1ccc(F)cc1. The van der Waals surface area contributed by atoms with Crippen molar-refractivity contribution in [1.82, 2.24) is 10.1 Å². The number of halogens is 2. The van der Waals surface area contributed by atoms with E-state index in [4.69, 9.17) is 20.9 Å². The van der Waals surface area contributed by atoms with Crippen LogP contribution in [0.2, 0.25) is 5.02 Å². The van der Waals surface area contributed by atoms with Crippen molar-refractivity contribution in [2.24, 2.45) is 0 Å². The molecule has 0 aliphatic rings. The summed E-state index contributed by atoms with van der Waals surface area (Å²) in [6.45, 7) is -0.205. The number of amides is 1. The fourth-order valence-corrected chi connectivity index (χ4v) is 2.78. The third-order valence-corrected chi connectivity index (χ3v) is 4.36. The molecule has 0 aliphatic heterocycles. The lowest BCUT2D eigenvalue weighted by atomic mass is 10.2. The summed E-state index contributed by atoms with van der Waals surface area (Å²) in [5.74, 6) is 0.491. The van der Waals surface area contributed by atoms with Crippen molar-refractivity contribution < 1.29 is 18.4 Å². The predicted octanol–water partition coefficient (Wildman–Crippen LogP) is 5.21. The number of hydrogen-bond acceptors (Lipinski definition) is 5. The van der Waals surface area contributed by atoms with Crippen LogP contribution in [0.4, 0.5) is 10.1 Å². The Labute approximate surface area is 176 Å². The molecule has 150 valence electrons. The molecular formula is C22H15ClFN3O3. The summed E-state index contributed by atoms with van der Waals surface area (Å²) in [6, 6.07) is 19.5. The molecule has 8 heteroatoms. The summed E-state index contributed by atoms with van der Waals surface area (Å²) in [4.78, 5) is 16.4. The van der Waals surface area contributed by atoms with E-state index in [1.165, 1.54) is 24.3 Å². The fourth-order valence-electron chi connectivity index (χ4n) is 2.65. The van der Waals surface area contributed by atoms with Crippen LogP contribution in [0.25, 0.3) is 22.8 Å². The van der Waals surface area contributed by atoms with Crippen LogP contribution in [0.15, 0.2) is 77.3 Å². The third-order valence-electron chi connectivity index (χ3n) is 4.11. The standard InChI is InChI=1S/C22H15ClFN3O3/c23-16-6-4-14(5-7-16)22-26-21(27-30-22)15-2-1-3-19(12-15)29-13-20(28)25-18-10-8-17(24)9-11-18/h1-12H,13H2,(H,25,28). The van der Waals surface area contributed by atoms with Crippen molar-refractivity contribution in [3.63, 3.8) is 0 Å². The van der Waals surface area contributed by atoms with Gasteiger partial charge in [-0.15, -0.1) is 0 Å². The number of benzene rings is 3. The van der Waals surface area contributed by atoms with Crippen molar-refractivity contribution in [3.05, 3.63) is 83.6 Å². The molecule has 1 amide bonds. The first kappa shape index (κ1) is 19.6. The first-order valence-corrected chi connectivity index (χ1v) is 9.33. The van der Waals surface area contributed by atoms with Crippen LogP contribution in [-0.2, 0) is 4.79 Å². The average molecular weight is 424 g/mol. The van der Waals surface area contributed by atoms with Gasteiger partial charge in [-0.05, 0) is 60.7 Å². The van der Waals surface area contributed by atoms with E-state index in [0.29, 0.717) is 33.7 Å². The van der Waals surface area contributed by atoms with Crippen LogP contribution in [0, 0.1) is 5.82 Å². The molecule has 1 heterocycles. The van der Waals surface area contributed by atoms with Gasteiger partial charge in [-0.25, -0.2) is 4.39 Å². The molecule has 1 N–H and O–H groups in total. The van der Waals surface area contributed by atoms with Crippen molar-refractivity contribution in [2.45, 2.75) is 0 Å². The number of carbonyl (C=O) groups is 1. The van der Waals surface area contributed by atoms with Gasteiger partial charge in [0, 0.05) is 21.8 Å². The smallest absolute Gasteiger partial charge is 0.262 e. The number of carbonyl (C=O) groups excluding carboxylic acids is 1. The van der Waals surface area contributed by atoms with Gasteiger partial charge in [-0.2, -0.15) is 4.98 Å². The van der Waals surface area contributed by atoms with Gasteiger partial charge in [0.1, 0.15) is 11.6 Å². The zero-order chi connectivity index (χ0) is 20.9. The second kappa shape index (κ2) is 8.75. The Morgan fingerprint density at radius 3 is 2.57 bits per heavy atom. The minimum atomic E-state index is -0.373. The summed E-state index contributed by atoms with van der Waals surface area (Å²) in [6.07, 6.45) is 0. The van der Waals surface area contributed by atoms with Crippen LogP contribution in [0.5, 0.6) is 5.75 Å². The van der Waals surface area contributed by atoms with Crippen LogP contribution < -0.4 is 10.1 Å². The predicted molar refractivity (Wildman–Crippen MR) is 111 cm³/mol. The van der Waals surface area contributed by atoms with Crippen molar-refractivity contribution >= 4 is 23.2 Å². The maximum absolute atomic E-state index is 12.9. The second-order valence-corrected chi connectivity index (χ2v) is 6.74. The molecule has 4 aromatic rings. The Bertz CT molecular complexity index is 1160. The van der Waals surface area contributed by atoms with E-state index in [9.17, 15) is 9.18 Å². The summed E-state index contributed by atoms with van der Waals surface area (Å²) < 4.78 is 23.8. The topological polar surface area (TPSA) is 77.2 Å². The zero-order valence-corrected chi connectivity index (χ0v) is 16.3. The van der Waals surface area contributed by atoms with Gasteiger partial charge in [0.15, 0.2) is 6.61 Å². The summed E-state index contributed by atoms with van der Waals surface area (Å²) in [5, 5.41) is 7.25. The van der Waals surface area contributed by atoms with E-state index in [2.05, 4.69) is 15.5 Å². The molecule has 0 spiro atoms. The average Bonchev–Trinajstić information content (AvgIpc) is 3.25. The highest BCUT2D eigenvalue weighted by Crippen LogP contribution is 2.25. The molecule has 6 nitrogen and oxygen atoms in total. The molecule has 1 aromatic heterocycles. The number of rotatable bonds is 6. The van der Waals surface area contributed by atoms with Gasteiger partial charge in [-0.3, -0.25) is 4.79 Å². The molecule has 0 bridgehead atoms. The first-order valence-electron chi connectivity index (χ1n) is 8.95. The summed E-state index contributed by atoms with van der Waals surface area (Å²) in [7, 11) is 0. The van der Waals surface area contributed by atoms with E-state index in [-0.39, 0.29) is 18.3 Å². The lowest BCUT2D eigenvalue weighted by Gasteiger charge is -2.08. The van der Waals surface area contributed by atoms with Gasteiger partial charge >= 0.3 is 0 Å². The van der Waals surface area contributed by atoms with Crippen LogP contribution in [0.3, 0.4) is 0 Å². The van der Waals surface area contributed by atoms with Crippen LogP contribution >= 0.6 is 11.6 Å². The number of anilines is 1. The Morgan fingerprint density at radius 1 is 1.03 bits per heavy atom.